The fraction of sp³-hybridized carbons (Fsp3) is 0.538. The molecule has 1 aromatic rings. The number of carboxylic acids is 1. The molecule has 108 valence electrons. The van der Waals surface area contributed by atoms with Crippen molar-refractivity contribution >= 4 is 17.7 Å². The van der Waals surface area contributed by atoms with Crippen molar-refractivity contribution in [1.82, 2.24) is 9.78 Å². The molecule has 0 unspecified atom stereocenters. The molecule has 1 heterocycles. The van der Waals surface area contributed by atoms with Crippen molar-refractivity contribution in [1.29, 1.82) is 0 Å². The van der Waals surface area contributed by atoms with Crippen LogP contribution in [0.5, 0.6) is 0 Å². The molecule has 0 aliphatic heterocycles. The Labute approximate surface area is 115 Å². The van der Waals surface area contributed by atoms with E-state index in [9.17, 15) is 14.4 Å². The standard InChI is InChI=1S/C13H16N2O5/c1-2-20-10(17)6-7-15-8-4-3-5-9(16)11(8)12(14-15)13(18)19/h2-7H2,1H3,(H,18,19). The van der Waals surface area contributed by atoms with Gasteiger partial charge in [0.15, 0.2) is 11.5 Å². The van der Waals surface area contributed by atoms with Gasteiger partial charge in [-0.25, -0.2) is 4.79 Å². The third kappa shape index (κ3) is 2.71. The quantitative estimate of drug-likeness (QED) is 0.809. The second-order valence-electron chi connectivity index (χ2n) is 4.53. The number of aryl methyl sites for hydroxylation is 1. The number of rotatable bonds is 5. The first-order valence-electron chi connectivity index (χ1n) is 6.56. The molecule has 0 fully saturated rings. The average molecular weight is 280 g/mol. The molecule has 1 N–H and O–H groups in total. The zero-order valence-electron chi connectivity index (χ0n) is 11.2. The number of ketones is 1. The lowest BCUT2D eigenvalue weighted by atomic mass is 9.94. The molecule has 0 spiro atoms. The van der Waals surface area contributed by atoms with Crippen molar-refractivity contribution in [3.63, 3.8) is 0 Å². The molecular weight excluding hydrogens is 264 g/mol. The van der Waals surface area contributed by atoms with Gasteiger partial charge in [0.25, 0.3) is 0 Å². The van der Waals surface area contributed by atoms with Gasteiger partial charge in [0.05, 0.1) is 30.8 Å². The maximum absolute atomic E-state index is 11.9. The Balaban J connectivity index is 2.26. The lowest BCUT2D eigenvalue weighted by molar-refractivity contribution is -0.143. The average Bonchev–Trinajstić information content (AvgIpc) is 2.77. The van der Waals surface area contributed by atoms with Gasteiger partial charge in [-0.05, 0) is 19.8 Å². The SMILES string of the molecule is CCOC(=O)CCn1nc(C(=O)O)c2c1CCCC2=O. The number of hydrogen-bond donors (Lipinski definition) is 1. The summed E-state index contributed by atoms with van der Waals surface area (Å²) in [6, 6.07) is 0. The molecule has 0 bridgehead atoms. The van der Waals surface area contributed by atoms with Crippen molar-refractivity contribution in [3.05, 3.63) is 17.0 Å². The summed E-state index contributed by atoms with van der Waals surface area (Å²) in [6.45, 7) is 2.24. The lowest BCUT2D eigenvalue weighted by Gasteiger charge is -2.12. The van der Waals surface area contributed by atoms with Crippen LogP contribution in [0.15, 0.2) is 0 Å². The highest BCUT2D eigenvalue weighted by molar-refractivity contribution is 6.06. The van der Waals surface area contributed by atoms with Gasteiger partial charge in [0.1, 0.15) is 0 Å². The molecule has 20 heavy (non-hydrogen) atoms. The van der Waals surface area contributed by atoms with E-state index in [-0.39, 0.29) is 36.0 Å². The molecule has 1 aromatic heterocycles. The molecule has 0 aromatic carbocycles. The van der Waals surface area contributed by atoms with Crippen LogP contribution >= 0.6 is 0 Å². The highest BCUT2D eigenvalue weighted by Gasteiger charge is 2.30. The zero-order chi connectivity index (χ0) is 14.7. The second kappa shape index (κ2) is 5.85. The van der Waals surface area contributed by atoms with E-state index in [0.29, 0.717) is 31.6 Å². The Bertz CT molecular complexity index is 561. The summed E-state index contributed by atoms with van der Waals surface area (Å²) in [5.74, 6) is -1.77. The van der Waals surface area contributed by atoms with Gasteiger partial charge < -0.3 is 9.84 Å². The largest absolute Gasteiger partial charge is 0.476 e. The predicted molar refractivity (Wildman–Crippen MR) is 67.7 cm³/mol. The summed E-state index contributed by atoms with van der Waals surface area (Å²) in [6.07, 6.45) is 1.73. The summed E-state index contributed by atoms with van der Waals surface area (Å²) in [4.78, 5) is 34.4. The Kier molecular flexibility index (Phi) is 4.16. The summed E-state index contributed by atoms with van der Waals surface area (Å²) >= 11 is 0. The van der Waals surface area contributed by atoms with Crippen molar-refractivity contribution in [2.75, 3.05) is 6.61 Å². The molecule has 0 saturated carbocycles. The molecule has 7 heteroatoms. The van der Waals surface area contributed by atoms with Gasteiger partial charge in [-0.2, -0.15) is 5.10 Å². The van der Waals surface area contributed by atoms with Gasteiger partial charge in [-0.15, -0.1) is 0 Å². The fourth-order valence-corrected chi connectivity index (χ4v) is 2.35. The van der Waals surface area contributed by atoms with E-state index in [1.54, 1.807) is 6.92 Å². The van der Waals surface area contributed by atoms with E-state index >= 15 is 0 Å². The predicted octanol–water partition coefficient (Wildman–Crippen LogP) is 1.05. The van der Waals surface area contributed by atoms with E-state index in [0.717, 1.165) is 0 Å². The van der Waals surface area contributed by atoms with Gasteiger partial charge in [-0.1, -0.05) is 0 Å². The number of fused-ring (bicyclic) bond motifs is 1. The Morgan fingerprint density at radius 1 is 1.40 bits per heavy atom. The van der Waals surface area contributed by atoms with Crippen molar-refractivity contribution in [2.24, 2.45) is 0 Å². The molecular formula is C13H16N2O5. The molecule has 1 aliphatic rings. The van der Waals surface area contributed by atoms with E-state index in [1.165, 1.54) is 4.68 Å². The number of ether oxygens (including phenoxy) is 1. The smallest absolute Gasteiger partial charge is 0.357 e. The van der Waals surface area contributed by atoms with E-state index in [2.05, 4.69) is 5.10 Å². The molecule has 0 radical (unpaired) electrons. The van der Waals surface area contributed by atoms with E-state index < -0.39 is 5.97 Å². The maximum Gasteiger partial charge on any atom is 0.357 e. The van der Waals surface area contributed by atoms with Crippen molar-refractivity contribution < 1.29 is 24.2 Å². The summed E-state index contributed by atoms with van der Waals surface area (Å²) in [5.41, 5.74) is 0.601. The van der Waals surface area contributed by atoms with Crippen molar-refractivity contribution in [2.45, 2.75) is 39.2 Å². The highest BCUT2D eigenvalue weighted by Crippen LogP contribution is 2.24. The number of esters is 1. The van der Waals surface area contributed by atoms with E-state index in [1.807, 2.05) is 0 Å². The normalized spacial score (nSPS) is 13.9. The highest BCUT2D eigenvalue weighted by atomic mass is 16.5. The Morgan fingerprint density at radius 2 is 2.15 bits per heavy atom. The molecule has 0 saturated heterocycles. The Hall–Kier alpha value is -2.18. The second-order valence-corrected chi connectivity index (χ2v) is 4.53. The summed E-state index contributed by atoms with van der Waals surface area (Å²) in [5, 5.41) is 13.1. The van der Waals surface area contributed by atoms with Crippen LogP contribution in [0.25, 0.3) is 0 Å². The zero-order valence-corrected chi connectivity index (χ0v) is 11.2. The van der Waals surface area contributed by atoms with Crippen molar-refractivity contribution in [3.8, 4) is 0 Å². The maximum atomic E-state index is 11.9. The van der Waals surface area contributed by atoms with Crippen LogP contribution in [-0.4, -0.2) is 39.2 Å². The first-order chi connectivity index (χ1) is 9.54. The molecule has 2 rings (SSSR count). The fourth-order valence-electron chi connectivity index (χ4n) is 2.35. The monoisotopic (exact) mass is 280 g/mol. The minimum absolute atomic E-state index is 0.106. The van der Waals surface area contributed by atoms with Gasteiger partial charge in [0, 0.05) is 6.42 Å². The number of carbonyl (C=O) groups excluding carboxylic acids is 2. The minimum atomic E-state index is -1.22. The number of nitrogens with zero attached hydrogens (tertiary/aromatic N) is 2. The topological polar surface area (TPSA) is 98.5 Å². The number of carboxylic acid groups (broad SMARTS) is 1. The number of carbonyl (C=O) groups is 3. The first-order valence-corrected chi connectivity index (χ1v) is 6.56. The van der Waals surface area contributed by atoms with Gasteiger partial charge in [-0.3, -0.25) is 14.3 Å². The first kappa shape index (κ1) is 14.2. The number of Topliss-reactive ketones (excluding diaryl/α,β-unsaturated/α-hetero) is 1. The number of aromatic nitrogens is 2. The Morgan fingerprint density at radius 3 is 2.80 bits per heavy atom. The van der Waals surface area contributed by atoms with Crippen LogP contribution in [0.4, 0.5) is 0 Å². The van der Waals surface area contributed by atoms with Crippen LogP contribution in [0.1, 0.15) is 52.7 Å². The summed E-state index contributed by atoms with van der Waals surface area (Å²) < 4.78 is 6.27. The van der Waals surface area contributed by atoms with Crippen LogP contribution in [0, 0.1) is 0 Å². The van der Waals surface area contributed by atoms with Crippen LogP contribution < -0.4 is 0 Å². The molecule has 1 aliphatic carbocycles. The van der Waals surface area contributed by atoms with Gasteiger partial charge in [0.2, 0.25) is 0 Å². The minimum Gasteiger partial charge on any atom is -0.476 e. The van der Waals surface area contributed by atoms with Crippen LogP contribution in [0.3, 0.4) is 0 Å². The molecule has 7 nitrogen and oxygen atoms in total. The molecule has 0 amide bonds. The van der Waals surface area contributed by atoms with Crippen LogP contribution in [-0.2, 0) is 22.5 Å². The van der Waals surface area contributed by atoms with Crippen LogP contribution in [0.2, 0.25) is 0 Å². The third-order valence-electron chi connectivity index (χ3n) is 3.19. The number of aromatic carboxylic acids is 1. The lowest BCUT2D eigenvalue weighted by Crippen LogP contribution is -2.16. The van der Waals surface area contributed by atoms with Gasteiger partial charge >= 0.3 is 11.9 Å². The summed E-state index contributed by atoms with van der Waals surface area (Å²) in [7, 11) is 0. The molecule has 0 atom stereocenters. The number of hydrogen-bond acceptors (Lipinski definition) is 5. The third-order valence-corrected chi connectivity index (χ3v) is 3.19. The van der Waals surface area contributed by atoms with E-state index in [4.69, 9.17) is 9.84 Å².